The van der Waals surface area contributed by atoms with E-state index in [2.05, 4.69) is 48.4 Å². The number of fused-ring (bicyclic) bond motifs is 1. The van der Waals surface area contributed by atoms with Crippen LogP contribution in [0.5, 0.6) is 0 Å². The molecule has 0 aliphatic heterocycles. The number of hydrogen-bond donors (Lipinski definition) is 1. The standard InChI is InChI=1S/C27H31NO/c1-27(23-15-6-3-7-16-23,20-19-21-11-4-2-5-12-21)26(29)28-25-18-10-14-22-13-8-9-17-24(22)25/h8-11,13-14,17-18,23H,2-7,12,15-16H2,1H3,(H,28,29)/t27-/m1/s1. The normalized spacial score (nSPS) is 19.6. The lowest BCUT2D eigenvalue weighted by atomic mass is 9.69. The Labute approximate surface area is 174 Å². The van der Waals surface area contributed by atoms with Gasteiger partial charge in [-0.15, -0.1) is 0 Å². The first kappa shape index (κ1) is 19.8. The van der Waals surface area contributed by atoms with Crippen molar-refractivity contribution in [2.24, 2.45) is 11.3 Å². The minimum absolute atomic E-state index is 0.0460. The van der Waals surface area contributed by atoms with E-state index in [4.69, 9.17) is 0 Å². The molecule has 2 heteroatoms. The molecule has 150 valence electrons. The SMILES string of the molecule is C[C@](C#CC1=CCCCC1)(C(=O)Nc1cccc2ccccc12)C1CCCCC1. The number of amides is 1. The lowest BCUT2D eigenvalue weighted by Crippen LogP contribution is -2.40. The van der Waals surface area contributed by atoms with Crippen LogP contribution in [0.1, 0.15) is 64.7 Å². The summed E-state index contributed by atoms with van der Waals surface area (Å²) in [5, 5.41) is 5.47. The largest absolute Gasteiger partial charge is 0.324 e. The van der Waals surface area contributed by atoms with Gasteiger partial charge in [-0.1, -0.05) is 73.6 Å². The number of allylic oxidation sites excluding steroid dienone is 2. The number of benzene rings is 2. The molecule has 0 saturated heterocycles. The van der Waals surface area contributed by atoms with Gasteiger partial charge < -0.3 is 5.32 Å². The lowest BCUT2D eigenvalue weighted by molar-refractivity contribution is -0.124. The van der Waals surface area contributed by atoms with Crippen molar-refractivity contribution in [2.75, 3.05) is 5.32 Å². The fraction of sp³-hybridized carbons (Fsp3) is 0.444. The van der Waals surface area contributed by atoms with Gasteiger partial charge in [0.05, 0.1) is 0 Å². The van der Waals surface area contributed by atoms with Crippen LogP contribution in [0.4, 0.5) is 5.69 Å². The van der Waals surface area contributed by atoms with E-state index in [0.29, 0.717) is 5.92 Å². The molecule has 0 unspecified atom stereocenters. The quantitative estimate of drug-likeness (QED) is 0.574. The molecule has 1 N–H and O–H groups in total. The van der Waals surface area contributed by atoms with E-state index in [0.717, 1.165) is 42.1 Å². The van der Waals surface area contributed by atoms with Crippen LogP contribution in [0.3, 0.4) is 0 Å². The number of carbonyl (C=O) groups excluding carboxylic acids is 1. The van der Waals surface area contributed by atoms with Crippen molar-refractivity contribution in [1.29, 1.82) is 0 Å². The summed E-state index contributed by atoms with van der Waals surface area (Å²) in [6, 6.07) is 14.3. The minimum atomic E-state index is -0.657. The van der Waals surface area contributed by atoms with Gasteiger partial charge in [0.2, 0.25) is 5.91 Å². The highest BCUT2D eigenvalue weighted by Gasteiger charge is 2.40. The Morgan fingerprint density at radius 2 is 1.79 bits per heavy atom. The summed E-state index contributed by atoms with van der Waals surface area (Å²) in [6.07, 6.45) is 12.8. The Kier molecular flexibility index (Phi) is 6.05. The van der Waals surface area contributed by atoms with E-state index in [-0.39, 0.29) is 5.91 Å². The summed E-state index contributed by atoms with van der Waals surface area (Å²) < 4.78 is 0. The molecule has 1 saturated carbocycles. The summed E-state index contributed by atoms with van der Waals surface area (Å²) >= 11 is 0. The molecule has 0 heterocycles. The minimum Gasteiger partial charge on any atom is -0.324 e. The van der Waals surface area contributed by atoms with Crippen LogP contribution in [0.15, 0.2) is 54.1 Å². The maximum Gasteiger partial charge on any atom is 0.242 e. The summed E-state index contributed by atoms with van der Waals surface area (Å²) in [6.45, 7) is 2.07. The Bertz CT molecular complexity index is 965. The predicted molar refractivity (Wildman–Crippen MR) is 122 cm³/mol. The van der Waals surface area contributed by atoms with Gasteiger partial charge in [-0.3, -0.25) is 4.79 Å². The van der Waals surface area contributed by atoms with Crippen molar-refractivity contribution in [1.82, 2.24) is 0 Å². The number of hydrogen-bond acceptors (Lipinski definition) is 1. The van der Waals surface area contributed by atoms with E-state index >= 15 is 0 Å². The third-order valence-corrected chi connectivity index (χ3v) is 6.70. The molecule has 2 aliphatic rings. The highest BCUT2D eigenvalue weighted by atomic mass is 16.2. The molecule has 0 radical (unpaired) electrons. The molecule has 2 nitrogen and oxygen atoms in total. The van der Waals surface area contributed by atoms with Crippen LogP contribution >= 0.6 is 0 Å². The van der Waals surface area contributed by atoms with Gasteiger partial charge >= 0.3 is 0 Å². The Morgan fingerprint density at radius 1 is 1.00 bits per heavy atom. The van der Waals surface area contributed by atoms with Crippen LogP contribution < -0.4 is 5.32 Å². The highest BCUT2D eigenvalue weighted by Crippen LogP contribution is 2.40. The van der Waals surface area contributed by atoms with Crippen LogP contribution in [0.25, 0.3) is 10.8 Å². The maximum atomic E-state index is 13.6. The van der Waals surface area contributed by atoms with E-state index in [1.165, 1.54) is 37.7 Å². The molecule has 2 aliphatic carbocycles. The van der Waals surface area contributed by atoms with Gasteiger partial charge in [-0.2, -0.15) is 0 Å². The number of rotatable bonds is 3. The van der Waals surface area contributed by atoms with Crippen LogP contribution in [-0.2, 0) is 4.79 Å². The summed E-state index contributed by atoms with van der Waals surface area (Å²) in [5.74, 6) is 7.26. The van der Waals surface area contributed by atoms with Gasteiger partial charge in [0, 0.05) is 11.1 Å². The van der Waals surface area contributed by atoms with Crippen molar-refractivity contribution >= 4 is 22.4 Å². The van der Waals surface area contributed by atoms with Gasteiger partial charge in [-0.05, 0) is 68.4 Å². The number of anilines is 1. The zero-order chi connectivity index (χ0) is 20.1. The molecule has 2 aromatic carbocycles. The fourth-order valence-electron chi connectivity index (χ4n) is 4.77. The molecule has 4 rings (SSSR count). The Morgan fingerprint density at radius 3 is 2.59 bits per heavy atom. The van der Waals surface area contributed by atoms with E-state index in [1.807, 2.05) is 24.3 Å². The van der Waals surface area contributed by atoms with Crippen LogP contribution in [0, 0.1) is 23.2 Å². The second-order valence-corrected chi connectivity index (χ2v) is 8.74. The molecular formula is C27H31NO. The second-order valence-electron chi connectivity index (χ2n) is 8.74. The van der Waals surface area contributed by atoms with Crippen molar-refractivity contribution in [2.45, 2.75) is 64.7 Å². The Balaban J connectivity index is 1.65. The number of carbonyl (C=O) groups is 1. The van der Waals surface area contributed by atoms with E-state index in [1.54, 1.807) is 0 Å². The molecule has 2 aromatic rings. The molecule has 0 bridgehead atoms. The molecule has 1 atom stereocenters. The van der Waals surface area contributed by atoms with E-state index in [9.17, 15) is 4.79 Å². The first-order chi connectivity index (χ1) is 14.2. The summed E-state index contributed by atoms with van der Waals surface area (Å²) in [4.78, 5) is 13.6. The Hall–Kier alpha value is -2.53. The van der Waals surface area contributed by atoms with Gasteiger partial charge in [0.25, 0.3) is 0 Å². The molecular weight excluding hydrogens is 354 g/mol. The molecule has 1 fully saturated rings. The summed E-state index contributed by atoms with van der Waals surface area (Å²) in [5.41, 5.74) is 1.44. The lowest BCUT2D eigenvalue weighted by Gasteiger charge is -2.35. The summed E-state index contributed by atoms with van der Waals surface area (Å²) in [7, 11) is 0. The maximum absolute atomic E-state index is 13.6. The van der Waals surface area contributed by atoms with Gasteiger partial charge in [-0.25, -0.2) is 0 Å². The van der Waals surface area contributed by atoms with Gasteiger partial charge in [0.1, 0.15) is 5.41 Å². The van der Waals surface area contributed by atoms with Crippen molar-refractivity contribution in [3.05, 3.63) is 54.1 Å². The second kappa shape index (κ2) is 8.87. The molecule has 29 heavy (non-hydrogen) atoms. The third-order valence-electron chi connectivity index (χ3n) is 6.70. The molecule has 0 aromatic heterocycles. The van der Waals surface area contributed by atoms with Crippen molar-refractivity contribution in [3.8, 4) is 11.8 Å². The van der Waals surface area contributed by atoms with Gasteiger partial charge in [0.15, 0.2) is 0 Å². The average molecular weight is 386 g/mol. The van der Waals surface area contributed by atoms with Crippen LogP contribution in [0.2, 0.25) is 0 Å². The first-order valence-electron chi connectivity index (χ1n) is 11.2. The van der Waals surface area contributed by atoms with Crippen molar-refractivity contribution < 1.29 is 4.79 Å². The van der Waals surface area contributed by atoms with Crippen molar-refractivity contribution in [3.63, 3.8) is 0 Å². The zero-order valence-corrected chi connectivity index (χ0v) is 17.5. The predicted octanol–water partition coefficient (Wildman–Crippen LogP) is 6.87. The fourth-order valence-corrected chi connectivity index (χ4v) is 4.77. The smallest absolute Gasteiger partial charge is 0.242 e. The first-order valence-corrected chi connectivity index (χ1v) is 11.2. The molecule has 1 amide bonds. The third kappa shape index (κ3) is 4.40. The topological polar surface area (TPSA) is 29.1 Å². The van der Waals surface area contributed by atoms with Crippen LogP contribution in [-0.4, -0.2) is 5.91 Å². The highest BCUT2D eigenvalue weighted by molar-refractivity contribution is 6.05. The average Bonchev–Trinajstić information content (AvgIpc) is 2.79. The zero-order valence-electron chi connectivity index (χ0n) is 17.5. The molecule has 0 spiro atoms. The van der Waals surface area contributed by atoms with E-state index < -0.39 is 5.41 Å². The monoisotopic (exact) mass is 385 g/mol. The number of nitrogens with one attached hydrogen (secondary N) is 1.